The SMILES string of the molecule is CC(=O)N1CCN(C(=O)CS(=O)(=O)Cc2ccccc2-c2ccsc2)CC1. The van der Waals surface area contributed by atoms with Gasteiger partial charge in [0.25, 0.3) is 0 Å². The molecule has 0 N–H and O–H groups in total. The number of thiophene rings is 1. The van der Waals surface area contributed by atoms with E-state index in [9.17, 15) is 18.0 Å². The maximum Gasteiger partial charge on any atom is 0.237 e. The molecule has 1 aromatic heterocycles. The van der Waals surface area contributed by atoms with Gasteiger partial charge in [-0.2, -0.15) is 11.3 Å². The molecular weight excluding hydrogens is 384 g/mol. The Balaban J connectivity index is 1.66. The summed E-state index contributed by atoms with van der Waals surface area (Å²) in [6.45, 7) is 3.13. The van der Waals surface area contributed by atoms with Crippen LogP contribution in [0.1, 0.15) is 12.5 Å². The minimum absolute atomic E-state index is 0.0280. The van der Waals surface area contributed by atoms with Crippen molar-refractivity contribution in [2.45, 2.75) is 12.7 Å². The summed E-state index contributed by atoms with van der Waals surface area (Å²) >= 11 is 1.55. The summed E-state index contributed by atoms with van der Waals surface area (Å²) in [5.74, 6) is -1.10. The molecule has 27 heavy (non-hydrogen) atoms. The van der Waals surface area contributed by atoms with Gasteiger partial charge < -0.3 is 9.80 Å². The third-order valence-electron chi connectivity index (χ3n) is 4.65. The van der Waals surface area contributed by atoms with Crippen molar-refractivity contribution in [3.63, 3.8) is 0 Å². The number of carbonyl (C=O) groups is 2. The summed E-state index contributed by atoms with van der Waals surface area (Å²) in [6.07, 6.45) is 0. The fourth-order valence-corrected chi connectivity index (χ4v) is 5.23. The first-order valence-corrected chi connectivity index (χ1v) is 11.5. The topological polar surface area (TPSA) is 74.8 Å². The van der Waals surface area contributed by atoms with E-state index in [0.717, 1.165) is 11.1 Å². The van der Waals surface area contributed by atoms with Gasteiger partial charge in [-0.05, 0) is 33.5 Å². The average Bonchev–Trinajstić information content (AvgIpc) is 3.16. The summed E-state index contributed by atoms with van der Waals surface area (Å²) in [5.41, 5.74) is 2.56. The lowest BCUT2D eigenvalue weighted by atomic mass is 10.0. The Kier molecular flexibility index (Phi) is 5.96. The summed E-state index contributed by atoms with van der Waals surface area (Å²) in [5, 5.41) is 3.93. The standard InChI is InChI=1S/C19H22N2O4S2/c1-15(22)20-7-9-21(10-8-20)19(23)14-27(24,25)13-17-4-2-3-5-18(17)16-6-11-26-12-16/h2-6,11-12H,7-10,13-14H2,1H3. The molecule has 0 atom stereocenters. The van der Waals surface area contributed by atoms with Crippen LogP contribution in [0.15, 0.2) is 41.1 Å². The Labute approximate surface area is 163 Å². The molecule has 1 aliphatic heterocycles. The molecule has 0 saturated carbocycles. The lowest BCUT2D eigenvalue weighted by Gasteiger charge is -2.34. The van der Waals surface area contributed by atoms with Crippen LogP contribution in [0.4, 0.5) is 0 Å². The average molecular weight is 407 g/mol. The van der Waals surface area contributed by atoms with Crippen molar-refractivity contribution in [1.82, 2.24) is 9.80 Å². The van der Waals surface area contributed by atoms with Gasteiger partial charge >= 0.3 is 0 Å². The van der Waals surface area contributed by atoms with Gasteiger partial charge in [0.05, 0.1) is 5.75 Å². The van der Waals surface area contributed by atoms with E-state index in [0.29, 0.717) is 31.7 Å². The lowest BCUT2D eigenvalue weighted by molar-refractivity contribution is -0.136. The Morgan fingerprint density at radius 3 is 2.33 bits per heavy atom. The molecule has 0 bridgehead atoms. The van der Waals surface area contributed by atoms with Crippen molar-refractivity contribution in [3.05, 3.63) is 46.7 Å². The van der Waals surface area contributed by atoms with Crippen LogP contribution in [0.25, 0.3) is 11.1 Å². The molecule has 2 heterocycles. The number of hydrogen-bond donors (Lipinski definition) is 0. The second kappa shape index (κ2) is 8.22. The van der Waals surface area contributed by atoms with Crippen molar-refractivity contribution in [1.29, 1.82) is 0 Å². The van der Waals surface area contributed by atoms with Crippen LogP contribution in [0, 0.1) is 0 Å². The van der Waals surface area contributed by atoms with Gasteiger partial charge in [-0.1, -0.05) is 24.3 Å². The van der Waals surface area contributed by atoms with Crippen LogP contribution in [-0.2, 0) is 25.2 Å². The van der Waals surface area contributed by atoms with Gasteiger partial charge in [0.1, 0.15) is 5.75 Å². The number of hydrogen-bond acceptors (Lipinski definition) is 5. The van der Waals surface area contributed by atoms with Crippen molar-refractivity contribution >= 4 is 33.0 Å². The Bertz CT molecular complexity index is 915. The van der Waals surface area contributed by atoms with E-state index < -0.39 is 21.5 Å². The van der Waals surface area contributed by atoms with E-state index in [4.69, 9.17) is 0 Å². The van der Waals surface area contributed by atoms with E-state index in [1.807, 2.05) is 35.0 Å². The molecule has 8 heteroatoms. The summed E-state index contributed by atoms with van der Waals surface area (Å²) < 4.78 is 25.3. The van der Waals surface area contributed by atoms with Crippen LogP contribution < -0.4 is 0 Å². The van der Waals surface area contributed by atoms with Crippen LogP contribution in [-0.4, -0.2) is 62.0 Å². The molecule has 3 rings (SSSR count). The molecule has 2 aromatic rings. The fourth-order valence-electron chi connectivity index (χ4n) is 3.18. The fraction of sp³-hybridized carbons (Fsp3) is 0.368. The van der Waals surface area contributed by atoms with Crippen molar-refractivity contribution in [2.75, 3.05) is 31.9 Å². The second-order valence-corrected chi connectivity index (χ2v) is 9.43. The number of piperazine rings is 1. The van der Waals surface area contributed by atoms with E-state index in [1.165, 1.54) is 11.8 Å². The molecule has 0 aliphatic carbocycles. The normalized spacial score (nSPS) is 15.0. The van der Waals surface area contributed by atoms with Gasteiger partial charge in [-0.15, -0.1) is 0 Å². The third-order valence-corrected chi connectivity index (χ3v) is 6.77. The van der Waals surface area contributed by atoms with Gasteiger partial charge in [-0.25, -0.2) is 8.42 Å². The largest absolute Gasteiger partial charge is 0.339 e. The van der Waals surface area contributed by atoms with E-state index in [-0.39, 0.29) is 11.7 Å². The maximum absolute atomic E-state index is 12.6. The van der Waals surface area contributed by atoms with Gasteiger partial charge in [0, 0.05) is 33.1 Å². The zero-order valence-electron chi connectivity index (χ0n) is 15.1. The van der Waals surface area contributed by atoms with Crippen molar-refractivity contribution < 1.29 is 18.0 Å². The predicted molar refractivity (Wildman–Crippen MR) is 106 cm³/mol. The van der Waals surface area contributed by atoms with Crippen LogP contribution >= 0.6 is 11.3 Å². The van der Waals surface area contributed by atoms with Gasteiger partial charge in [-0.3, -0.25) is 9.59 Å². The number of sulfone groups is 1. The number of rotatable bonds is 5. The zero-order chi connectivity index (χ0) is 19.4. The number of benzene rings is 1. The first kappa shape index (κ1) is 19.6. The van der Waals surface area contributed by atoms with E-state index in [2.05, 4.69) is 0 Å². The highest BCUT2D eigenvalue weighted by Crippen LogP contribution is 2.27. The van der Waals surface area contributed by atoms with Gasteiger partial charge in [0.15, 0.2) is 9.84 Å². The lowest BCUT2D eigenvalue weighted by Crippen LogP contribution is -2.51. The van der Waals surface area contributed by atoms with Crippen LogP contribution in [0.2, 0.25) is 0 Å². The van der Waals surface area contributed by atoms with Crippen LogP contribution in [0.5, 0.6) is 0 Å². The highest BCUT2D eigenvalue weighted by molar-refractivity contribution is 7.91. The molecule has 1 fully saturated rings. The molecule has 1 aromatic carbocycles. The summed E-state index contributed by atoms with van der Waals surface area (Å²) in [6, 6.07) is 9.33. The van der Waals surface area contributed by atoms with E-state index >= 15 is 0 Å². The molecule has 0 radical (unpaired) electrons. The van der Waals surface area contributed by atoms with Crippen LogP contribution in [0.3, 0.4) is 0 Å². The van der Waals surface area contributed by atoms with Crippen molar-refractivity contribution in [2.24, 2.45) is 0 Å². The maximum atomic E-state index is 12.6. The number of carbonyl (C=O) groups excluding carboxylic acids is 2. The minimum Gasteiger partial charge on any atom is -0.339 e. The molecule has 0 unspecified atom stereocenters. The first-order valence-electron chi connectivity index (χ1n) is 8.70. The minimum atomic E-state index is -3.59. The quantitative estimate of drug-likeness (QED) is 0.761. The first-order chi connectivity index (χ1) is 12.9. The summed E-state index contributed by atoms with van der Waals surface area (Å²) in [7, 11) is -3.59. The van der Waals surface area contributed by atoms with Crippen molar-refractivity contribution in [3.8, 4) is 11.1 Å². The zero-order valence-corrected chi connectivity index (χ0v) is 16.8. The molecule has 0 spiro atoms. The second-order valence-electron chi connectivity index (χ2n) is 6.59. The highest BCUT2D eigenvalue weighted by atomic mass is 32.2. The monoisotopic (exact) mass is 406 g/mol. The Morgan fingerprint density at radius 1 is 1.04 bits per heavy atom. The highest BCUT2D eigenvalue weighted by Gasteiger charge is 2.26. The summed E-state index contributed by atoms with van der Waals surface area (Å²) in [4.78, 5) is 27.0. The molecule has 2 amide bonds. The Morgan fingerprint density at radius 2 is 1.70 bits per heavy atom. The number of amides is 2. The van der Waals surface area contributed by atoms with Gasteiger partial charge in [0.2, 0.25) is 11.8 Å². The Hall–Kier alpha value is -2.19. The third kappa shape index (κ3) is 4.95. The smallest absolute Gasteiger partial charge is 0.237 e. The molecule has 1 saturated heterocycles. The molecule has 1 aliphatic rings. The number of nitrogens with zero attached hydrogens (tertiary/aromatic N) is 2. The van der Waals surface area contributed by atoms with E-state index in [1.54, 1.807) is 22.3 Å². The molecule has 6 nitrogen and oxygen atoms in total. The molecule has 144 valence electrons. The predicted octanol–water partition coefficient (Wildman–Crippen LogP) is 2.02. The molecular formula is C19H22N2O4S2.